The Morgan fingerprint density at radius 1 is 1.30 bits per heavy atom. The first-order chi connectivity index (χ1) is 15.9. The first-order valence-corrected chi connectivity index (χ1v) is 10.6. The Morgan fingerprint density at radius 2 is 2.03 bits per heavy atom. The van der Waals surface area contributed by atoms with Crippen LogP contribution in [0.3, 0.4) is 0 Å². The molecule has 2 aromatic heterocycles. The highest BCUT2D eigenvalue weighted by Gasteiger charge is 2.39. The van der Waals surface area contributed by atoms with E-state index in [1.54, 1.807) is 0 Å². The van der Waals surface area contributed by atoms with Gasteiger partial charge in [-0.05, 0) is 12.8 Å². The molecular formula is C20H27FN8O4. The van der Waals surface area contributed by atoms with Crippen LogP contribution in [0.2, 0.25) is 0 Å². The smallest absolute Gasteiger partial charge is 0.409 e. The molecule has 2 aliphatic rings. The molecule has 0 aliphatic carbocycles. The number of morpholine rings is 1. The number of carbonyl (C=O) groups is 1. The lowest BCUT2D eigenvalue weighted by Crippen LogP contribution is -2.57. The van der Waals surface area contributed by atoms with E-state index in [4.69, 9.17) is 15.2 Å². The summed E-state index contributed by atoms with van der Waals surface area (Å²) in [5.74, 6) is -0.436. The number of aromatic nitrogens is 4. The zero-order chi connectivity index (χ0) is 23.4. The number of nitrogens with two attached hydrogens (primary N) is 1. The number of methoxy groups -OCH3 is 1. The Balaban J connectivity index is 1.73. The molecule has 4 rings (SSSR count). The molecule has 178 valence electrons. The number of halogens is 1. The minimum atomic E-state index is -1.00. The summed E-state index contributed by atoms with van der Waals surface area (Å²) in [4.78, 5) is 32.2. The molecule has 0 aromatic carbocycles. The number of anilines is 3. The van der Waals surface area contributed by atoms with Crippen LogP contribution in [0.1, 0.15) is 12.8 Å². The second-order valence-electron chi connectivity index (χ2n) is 8.02. The van der Waals surface area contributed by atoms with Crippen molar-refractivity contribution in [3.63, 3.8) is 0 Å². The third-order valence-electron chi connectivity index (χ3n) is 5.77. The van der Waals surface area contributed by atoms with E-state index in [0.29, 0.717) is 57.2 Å². The topological polar surface area (TPSA) is 152 Å². The zero-order valence-electron chi connectivity index (χ0n) is 18.3. The monoisotopic (exact) mass is 462 g/mol. The molecule has 2 aromatic rings. The number of carbonyl (C=O) groups excluding carboxylic acids is 1. The summed E-state index contributed by atoms with van der Waals surface area (Å²) in [6.45, 7) is 2.37. The van der Waals surface area contributed by atoms with Gasteiger partial charge < -0.3 is 35.4 Å². The highest BCUT2D eigenvalue weighted by molar-refractivity contribution is 5.68. The van der Waals surface area contributed by atoms with Gasteiger partial charge in [0, 0.05) is 44.1 Å². The second-order valence-corrected chi connectivity index (χ2v) is 8.02. The van der Waals surface area contributed by atoms with E-state index in [9.17, 15) is 9.90 Å². The van der Waals surface area contributed by atoms with E-state index >= 15 is 4.39 Å². The van der Waals surface area contributed by atoms with Crippen LogP contribution < -0.4 is 16.0 Å². The van der Waals surface area contributed by atoms with Crippen LogP contribution in [0.5, 0.6) is 0 Å². The fourth-order valence-electron chi connectivity index (χ4n) is 4.01. The molecule has 12 nitrogen and oxygen atoms in total. The normalized spacial score (nSPS) is 21.1. The number of hydrogen-bond donors (Lipinski definition) is 3. The van der Waals surface area contributed by atoms with Crippen LogP contribution in [0.15, 0.2) is 12.4 Å². The minimum absolute atomic E-state index is 0.00251. The van der Waals surface area contributed by atoms with Gasteiger partial charge in [-0.3, -0.25) is 0 Å². The third kappa shape index (κ3) is 4.88. The van der Waals surface area contributed by atoms with Gasteiger partial charge >= 0.3 is 6.09 Å². The van der Waals surface area contributed by atoms with Crippen LogP contribution in [0.25, 0.3) is 11.3 Å². The molecular weight excluding hydrogens is 435 g/mol. The Morgan fingerprint density at radius 3 is 2.70 bits per heavy atom. The Kier molecular flexibility index (Phi) is 6.70. The SMILES string of the molecule is COC(=O)N1CCC[C@@](CO)(Nc2nc(N3CCOCC3)nc(-c3cnc(N)nc3)c2F)C1. The van der Waals surface area contributed by atoms with Gasteiger partial charge in [0.05, 0.1) is 32.5 Å². The van der Waals surface area contributed by atoms with Crippen molar-refractivity contribution >= 4 is 23.8 Å². The molecule has 0 unspecified atom stereocenters. The second kappa shape index (κ2) is 9.67. The fourth-order valence-corrected chi connectivity index (χ4v) is 4.01. The maximum absolute atomic E-state index is 15.7. The average molecular weight is 462 g/mol. The maximum Gasteiger partial charge on any atom is 0.409 e. The average Bonchev–Trinajstić information content (AvgIpc) is 2.86. The number of nitrogens with one attached hydrogen (secondary N) is 1. The minimum Gasteiger partial charge on any atom is -0.453 e. The highest BCUT2D eigenvalue weighted by Crippen LogP contribution is 2.32. The van der Waals surface area contributed by atoms with Gasteiger partial charge in [-0.1, -0.05) is 0 Å². The number of ether oxygens (including phenoxy) is 2. The molecule has 0 saturated carbocycles. The molecule has 4 N–H and O–H groups in total. The third-order valence-corrected chi connectivity index (χ3v) is 5.77. The highest BCUT2D eigenvalue weighted by atomic mass is 19.1. The number of nitrogens with zero attached hydrogens (tertiary/aromatic N) is 6. The molecule has 4 heterocycles. The van der Waals surface area contributed by atoms with Crippen molar-refractivity contribution in [2.75, 3.05) is 69.1 Å². The summed E-state index contributed by atoms with van der Waals surface area (Å²) in [5.41, 5.74) is 4.91. The fraction of sp³-hybridized carbons (Fsp3) is 0.550. The summed E-state index contributed by atoms with van der Waals surface area (Å²) in [5, 5.41) is 13.3. The first kappa shape index (κ1) is 22.9. The van der Waals surface area contributed by atoms with Crippen LogP contribution in [-0.4, -0.2) is 94.7 Å². The standard InChI is InChI=1S/C20H27FN8O4/c1-32-19(31)29-4-2-3-20(11-29,12-30)27-16-14(21)15(13-9-23-17(22)24-10-13)25-18(26-16)28-5-7-33-8-6-28/h9-10,30H,2-8,11-12H2,1H3,(H2,22,23,24)(H,25,26,27)/t20-/m1/s1. The van der Waals surface area contributed by atoms with E-state index in [-0.39, 0.29) is 30.6 Å². The Labute approximate surface area is 189 Å². The molecule has 0 spiro atoms. The van der Waals surface area contributed by atoms with E-state index < -0.39 is 17.4 Å². The predicted molar refractivity (Wildman–Crippen MR) is 117 cm³/mol. The summed E-state index contributed by atoms with van der Waals surface area (Å²) < 4.78 is 25.9. The van der Waals surface area contributed by atoms with Crippen LogP contribution in [0, 0.1) is 5.82 Å². The summed E-state index contributed by atoms with van der Waals surface area (Å²) in [6.07, 6.45) is 3.38. The molecule has 1 amide bonds. The predicted octanol–water partition coefficient (Wildman–Crippen LogP) is 0.497. The summed E-state index contributed by atoms with van der Waals surface area (Å²) >= 11 is 0. The Bertz CT molecular complexity index is 989. The first-order valence-electron chi connectivity index (χ1n) is 10.6. The van der Waals surface area contributed by atoms with Crippen molar-refractivity contribution in [1.29, 1.82) is 0 Å². The van der Waals surface area contributed by atoms with Crippen molar-refractivity contribution in [3.8, 4) is 11.3 Å². The molecule has 0 bridgehead atoms. The maximum atomic E-state index is 15.7. The van der Waals surface area contributed by atoms with Gasteiger partial charge in [-0.15, -0.1) is 0 Å². The lowest BCUT2D eigenvalue weighted by molar-refractivity contribution is 0.0803. The molecule has 1 atom stereocenters. The van der Waals surface area contributed by atoms with E-state index in [0.717, 1.165) is 0 Å². The quantitative estimate of drug-likeness (QED) is 0.569. The Hall–Kier alpha value is -3.32. The lowest BCUT2D eigenvalue weighted by atomic mass is 9.89. The molecule has 0 radical (unpaired) electrons. The van der Waals surface area contributed by atoms with Gasteiger partial charge in [0.2, 0.25) is 11.9 Å². The van der Waals surface area contributed by atoms with E-state index in [2.05, 4.69) is 25.3 Å². The largest absolute Gasteiger partial charge is 0.453 e. The van der Waals surface area contributed by atoms with Crippen molar-refractivity contribution in [1.82, 2.24) is 24.8 Å². The number of piperidine rings is 1. The van der Waals surface area contributed by atoms with Gasteiger partial charge in [0.1, 0.15) is 5.69 Å². The van der Waals surface area contributed by atoms with Crippen molar-refractivity contribution in [2.45, 2.75) is 18.4 Å². The van der Waals surface area contributed by atoms with E-state index in [1.807, 2.05) is 4.90 Å². The number of hydrogen-bond acceptors (Lipinski definition) is 11. The molecule has 33 heavy (non-hydrogen) atoms. The number of rotatable bonds is 5. The van der Waals surface area contributed by atoms with Gasteiger partial charge in [0.15, 0.2) is 11.6 Å². The molecule has 2 fully saturated rings. The molecule has 2 saturated heterocycles. The molecule has 2 aliphatic heterocycles. The van der Waals surface area contributed by atoms with Crippen molar-refractivity contribution in [3.05, 3.63) is 18.2 Å². The zero-order valence-corrected chi connectivity index (χ0v) is 18.3. The van der Waals surface area contributed by atoms with Gasteiger partial charge in [0.25, 0.3) is 0 Å². The number of nitrogen functional groups attached to an aromatic ring is 1. The lowest BCUT2D eigenvalue weighted by Gasteiger charge is -2.42. The number of aliphatic hydroxyl groups excluding tert-OH is 1. The molecule has 13 heteroatoms. The number of aliphatic hydroxyl groups is 1. The van der Waals surface area contributed by atoms with Crippen molar-refractivity contribution < 1.29 is 23.8 Å². The van der Waals surface area contributed by atoms with Crippen LogP contribution in [0.4, 0.5) is 26.9 Å². The van der Waals surface area contributed by atoms with Crippen LogP contribution in [-0.2, 0) is 9.47 Å². The van der Waals surface area contributed by atoms with Crippen molar-refractivity contribution in [2.24, 2.45) is 0 Å². The van der Waals surface area contributed by atoms with Crippen LogP contribution >= 0.6 is 0 Å². The number of likely N-dealkylation sites (tertiary alicyclic amines) is 1. The van der Waals surface area contributed by atoms with Gasteiger partial charge in [-0.2, -0.15) is 4.98 Å². The van der Waals surface area contributed by atoms with E-state index in [1.165, 1.54) is 24.4 Å². The number of amides is 1. The summed E-state index contributed by atoms with van der Waals surface area (Å²) in [6, 6.07) is 0. The van der Waals surface area contributed by atoms with Gasteiger partial charge in [-0.25, -0.2) is 24.1 Å². The summed E-state index contributed by atoms with van der Waals surface area (Å²) in [7, 11) is 1.30.